The maximum atomic E-state index is 9.27. The monoisotopic (exact) mass is 424 g/mol. The lowest BCUT2D eigenvalue weighted by Gasteiger charge is -2.18. The van der Waals surface area contributed by atoms with E-state index >= 15 is 0 Å². The van der Waals surface area contributed by atoms with Crippen molar-refractivity contribution in [1.29, 1.82) is 0 Å². The van der Waals surface area contributed by atoms with E-state index in [4.69, 9.17) is 15.2 Å². The molecular weight excluding hydrogens is 400 g/mol. The minimum Gasteiger partial charge on any atom is -0.496 e. The van der Waals surface area contributed by atoms with Gasteiger partial charge in [-0.2, -0.15) is 4.98 Å². The smallest absolute Gasteiger partial charge is 0.225 e. The lowest BCUT2D eigenvalue weighted by molar-refractivity contribution is 0.271. The number of nitrogens with two attached hydrogens (primary N) is 1. The number of aromatic nitrogens is 2. The molecule has 2 rings (SSSR count). The molecule has 8 heteroatoms. The third-order valence-electron chi connectivity index (χ3n) is 3.96. The van der Waals surface area contributed by atoms with Crippen LogP contribution in [0.15, 0.2) is 22.8 Å². The van der Waals surface area contributed by atoms with Crippen LogP contribution < -0.4 is 20.5 Å². The number of benzene rings is 1. The quantitative estimate of drug-likeness (QED) is 0.589. The second kappa shape index (κ2) is 9.05. The van der Waals surface area contributed by atoms with Crippen molar-refractivity contribution >= 4 is 27.7 Å². The predicted molar refractivity (Wildman–Crippen MR) is 106 cm³/mol. The normalized spacial score (nSPS) is 12.1. The molecule has 0 radical (unpaired) electrons. The standard InChI is InChI=1S/C18H25BrN4O3/c1-5-11(9-24)22-18-21-8-16(17(20)23-18)26-14-7-13(19)15(25-4)6-12(14)10(2)3/h6-8,10-11,24H,5,9H2,1-4H3,(H3,20,21,22,23). The summed E-state index contributed by atoms with van der Waals surface area (Å²) in [6.07, 6.45) is 2.27. The maximum Gasteiger partial charge on any atom is 0.225 e. The Morgan fingerprint density at radius 2 is 2.00 bits per heavy atom. The van der Waals surface area contributed by atoms with Crippen LogP contribution >= 0.6 is 15.9 Å². The third kappa shape index (κ3) is 4.76. The number of rotatable bonds is 8. The van der Waals surface area contributed by atoms with Crippen LogP contribution in [0.4, 0.5) is 11.8 Å². The van der Waals surface area contributed by atoms with E-state index in [1.807, 2.05) is 19.1 Å². The summed E-state index contributed by atoms with van der Waals surface area (Å²) >= 11 is 3.48. The molecule has 1 heterocycles. The molecule has 0 bridgehead atoms. The first kappa shape index (κ1) is 20.3. The van der Waals surface area contributed by atoms with Crippen LogP contribution in [0.1, 0.15) is 38.7 Å². The Morgan fingerprint density at radius 3 is 2.54 bits per heavy atom. The molecule has 1 aromatic carbocycles. The zero-order valence-corrected chi connectivity index (χ0v) is 17.0. The van der Waals surface area contributed by atoms with E-state index in [2.05, 4.69) is 45.1 Å². The topological polar surface area (TPSA) is 103 Å². The van der Waals surface area contributed by atoms with Crippen LogP contribution in [-0.2, 0) is 0 Å². The molecule has 0 aliphatic carbocycles. The highest BCUT2D eigenvalue weighted by atomic mass is 79.9. The first-order valence-corrected chi connectivity index (χ1v) is 9.24. The highest BCUT2D eigenvalue weighted by molar-refractivity contribution is 9.10. The van der Waals surface area contributed by atoms with Crippen molar-refractivity contribution in [3.63, 3.8) is 0 Å². The summed E-state index contributed by atoms with van der Waals surface area (Å²) in [7, 11) is 1.62. The number of nitrogens with zero attached hydrogens (tertiary/aromatic N) is 2. The van der Waals surface area contributed by atoms with Gasteiger partial charge < -0.3 is 25.6 Å². The van der Waals surface area contributed by atoms with Gasteiger partial charge >= 0.3 is 0 Å². The molecule has 0 fully saturated rings. The molecule has 0 amide bonds. The number of ether oxygens (including phenoxy) is 2. The minimum atomic E-state index is -0.119. The SMILES string of the molecule is CCC(CO)Nc1ncc(Oc2cc(Br)c(OC)cc2C(C)C)c(N)n1. The third-order valence-corrected chi connectivity index (χ3v) is 4.58. The Balaban J connectivity index is 2.29. The summed E-state index contributed by atoms with van der Waals surface area (Å²) in [5, 5.41) is 12.3. The predicted octanol–water partition coefficient (Wildman–Crippen LogP) is 3.93. The molecule has 26 heavy (non-hydrogen) atoms. The Morgan fingerprint density at radius 1 is 1.27 bits per heavy atom. The fourth-order valence-corrected chi connectivity index (χ4v) is 2.84. The van der Waals surface area contributed by atoms with E-state index in [1.165, 1.54) is 6.20 Å². The van der Waals surface area contributed by atoms with Crippen molar-refractivity contribution in [3.05, 3.63) is 28.4 Å². The van der Waals surface area contributed by atoms with Crippen molar-refractivity contribution in [2.75, 3.05) is 24.8 Å². The van der Waals surface area contributed by atoms with Crippen LogP contribution in [0, 0.1) is 0 Å². The van der Waals surface area contributed by atoms with Gasteiger partial charge in [0.15, 0.2) is 11.6 Å². The summed E-state index contributed by atoms with van der Waals surface area (Å²) in [6, 6.07) is 3.66. The Labute approximate surface area is 162 Å². The van der Waals surface area contributed by atoms with Gasteiger partial charge in [-0.05, 0) is 40.4 Å². The molecule has 142 valence electrons. The maximum absolute atomic E-state index is 9.27. The highest BCUT2D eigenvalue weighted by Gasteiger charge is 2.16. The number of nitrogens with one attached hydrogen (secondary N) is 1. The summed E-state index contributed by atoms with van der Waals surface area (Å²) in [5.41, 5.74) is 7.02. The molecule has 0 aliphatic heterocycles. The average Bonchev–Trinajstić information content (AvgIpc) is 2.61. The molecule has 0 saturated heterocycles. The molecule has 0 saturated carbocycles. The molecule has 2 aromatic rings. The van der Waals surface area contributed by atoms with Gasteiger partial charge in [0.05, 0.1) is 30.4 Å². The zero-order chi connectivity index (χ0) is 19.3. The highest BCUT2D eigenvalue weighted by Crippen LogP contribution is 2.39. The fraction of sp³-hybridized carbons (Fsp3) is 0.444. The molecule has 4 N–H and O–H groups in total. The van der Waals surface area contributed by atoms with Crippen molar-refractivity contribution in [2.24, 2.45) is 0 Å². The van der Waals surface area contributed by atoms with Gasteiger partial charge in [0, 0.05) is 5.56 Å². The van der Waals surface area contributed by atoms with Crippen LogP contribution in [-0.4, -0.2) is 34.8 Å². The molecule has 0 spiro atoms. The number of nitrogen functional groups attached to an aromatic ring is 1. The van der Waals surface area contributed by atoms with E-state index < -0.39 is 0 Å². The average molecular weight is 425 g/mol. The Kier molecular flexibility index (Phi) is 7.05. The first-order chi connectivity index (χ1) is 12.4. The lowest BCUT2D eigenvalue weighted by atomic mass is 10.0. The molecule has 1 aromatic heterocycles. The first-order valence-electron chi connectivity index (χ1n) is 8.44. The van der Waals surface area contributed by atoms with Gasteiger partial charge in [-0.1, -0.05) is 20.8 Å². The van der Waals surface area contributed by atoms with Gasteiger partial charge in [0.1, 0.15) is 11.5 Å². The van der Waals surface area contributed by atoms with Gasteiger partial charge in [-0.3, -0.25) is 0 Å². The summed E-state index contributed by atoms with van der Waals surface area (Å²) in [5.74, 6) is 2.56. The number of hydrogen-bond donors (Lipinski definition) is 3. The van der Waals surface area contributed by atoms with E-state index in [0.717, 1.165) is 22.2 Å². The van der Waals surface area contributed by atoms with Crippen molar-refractivity contribution in [1.82, 2.24) is 9.97 Å². The number of anilines is 2. The van der Waals surface area contributed by atoms with E-state index in [0.29, 0.717) is 17.4 Å². The van der Waals surface area contributed by atoms with E-state index in [-0.39, 0.29) is 24.4 Å². The van der Waals surface area contributed by atoms with E-state index in [9.17, 15) is 5.11 Å². The number of aliphatic hydroxyl groups is 1. The lowest BCUT2D eigenvalue weighted by Crippen LogP contribution is -2.24. The number of aliphatic hydroxyl groups excluding tert-OH is 1. The molecule has 1 unspecified atom stereocenters. The van der Waals surface area contributed by atoms with Crippen LogP contribution in [0.2, 0.25) is 0 Å². The Hall–Kier alpha value is -2.06. The van der Waals surface area contributed by atoms with Crippen molar-refractivity contribution < 1.29 is 14.6 Å². The van der Waals surface area contributed by atoms with Gasteiger partial charge in [-0.25, -0.2) is 4.98 Å². The van der Waals surface area contributed by atoms with Crippen molar-refractivity contribution in [3.8, 4) is 17.2 Å². The van der Waals surface area contributed by atoms with Gasteiger partial charge in [0.25, 0.3) is 0 Å². The van der Waals surface area contributed by atoms with Gasteiger partial charge in [0.2, 0.25) is 5.95 Å². The van der Waals surface area contributed by atoms with Crippen LogP contribution in [0.5, 0.6) is 17.2 Å². The second-order valence-electron chi connectivity index (χ2n) is 6.16. The largest absolute Gasteiger partial charge is 0.496 e. The summed E-state index contributed by atoms with van der Waals surface area (Å²) < 4.78 is 12.1. The van der Waals surface area contributed by atoms with E-state index in [1.54, 1.807) is 7.11 Å². The Bertz CT molecular complexity index is 751. The van der Waals surface area contributed by atoms with Crippen LogP contribution in [0.3, 0.4) is 0 Å². The number of halogens is 1. The summed E-state index contributed by atoms with van der Waals surface area (Å²) in [4.78, 5) is 8.45. The molecule has 1 atom stereocenters. The minimum absolute atomic E-state index is 0.00433. The molecule has 0 aliphatic rings. The molecular formula is C18H25BrN4O3. The zero-order valence-electron chi connectivity index (χ0n) is 15.4. The summed E-state index contributed by atoms with van der Waals surface area (Å²) in [6.45, 7) is 6.10. The van der Waals surface area contributed by atoms with Crippen LogP contribution in [0.25, 0.3) is 0 Å². The van der Waals surface area contributed by atoms with Crippen molar-refractivity contribution in [2.45, 2.75) is 39.2 Å². The van der Waals surface area contributed by atoms with Gasteiger partial charge in [-0.15, -0.1) is 0 Å². The number of methoxy groups -OCH3 is 1. The number of hydrogen-bond acceptors (Lipinski definition) is 7. The fourth-order valence-electron chi connectivity index (χ4n) is 2.36. The second-order valence-corrected chi connectivity index (χ2v) is 7.01. The molecule has 7 nitrogen and oxygen atoms in total.